The van der Waals surface area contributed by atoms with Crippen molar-refractivity contribution >= 4 is 16.6 Å². The van der Waals surface area contributed by atoms with Crippen LogP contribution >= 0.6 is 0 Å². The van der Waals surface area contributed by atoms with Crippen molar-refractivity contribution in [3.63, 3.8) is 0 Å². The molecule has 12 heavy (non-hydrogen) atoms. The van der Waals surface area contributed by atoms with Crippen LogP contribution in [0.5, 0.6) is 0 Å². The SMILES string of the molecule is O=Nc1cccc2c1ccn2O. The van der Waals surface area contributed by atoms with E-state index in [1.54, 1.807) is 24.3 Å². The van der Waals surface area contributed by atoms with Crippen LogP contribution in [0.1, 0.15) is 0 Å². The van der Waals surface area contributed by atoms with E-state index < -0.39 is 0 Å². The quantitative estimate of drug-likeness (QED) is 0.516. The normalized spacial score (nSPS) is 10.3. The number of nitroso groups, excluding NO2 is 1. The Balaban J connectivity index is 2.89. The Morgan fingerprint density at radius 3 is 2.92 bits per heavy atom. The molecule has 4 heteroatoms. The molecule has 0 atom stereocenters. The molecule has 2 aromatic rings. The van der Waals surface area contributed by atoms with Crippen molar-refractivity contribution in [2.45, 2.75) is 0 Å². The van der Waals surface area contributed by atoms with Crippen molar-refractivity contribution in [2.24, 2.45) is 5.18 Å². The number of nitrogens with zero attached hydrogens (tertiary/aromatic N) is 2. The van der Waals surface area contributed by atoms with Gasteiger partial charge < -0.3 is 5.21 Å². The Morgan fingerprint density at radius 2 is 2.17 bits per heavy atom. The lowest BCUT2D eigenvalue weighted by molar-refractivity contribution is 0.200. The molecule has 1 aromatic carbocycles. The van der Waals surface area contributed by atoms with Gasteiger partial charge in [-0.2, -0.15) is 4.73 Å². The van der Waals surface area contributed by atoms with Gasteiger partial charge in [-0.25, -0.2) is 0 Å². The third-order valence-corrected chi connectivity index (χ3v) is 1.79. The first-order valence-corrected chi connectivity index (χ1v) is 3.45. The molecule has 0 bridgehead atoms. The summed E-state index contributed by atoms with van der Waals surface area (Å²) in [5.74, 6) is 0. The summed E-state index contributed by atoms with van der Waals surface area (Å²) < 4.78 is 0.962. The number of benzene rings is 1. The maximum atomic E-state index is 10.3. The summed E-state index contributed by atoms with van der Waals surface area (Å²) in [6.07, 6.45) is 1.47. The van der Waals surface area contributed by atoms with E-state index in [9.17, 15) is 10.1 Å². The fourth-order valence-corrected chi connectivity index (χ4v) is 1.22. The van der Waals surface area contributed by atoms with Crippen molar-refractivity contribution in [1.82, 2.24) is 4.73 Å². The standard InChI is InChI=1S/C8H6N2O2/c11-9-7-2-1-3-8-6(7)4-5-10(8)12/h1-5,12H. The molecule has 1 heterocycles. The van der Waals surface area contributed by atoms with Crippen LogP contribution < -0.4 is 0 Å². The van der Waals surface area contributed by atoms with Crippen LogP contribution in [-0.4, -0.2) is 9.94 Å². The Hall–Kier alpha value is -1.84. The van der Waals surface area contributed by atoms with Gasteiger partial charge in [0, 0.05) is 11.6 Å². The monoisotopic (exact) mass is 162 g/mol. The Kier molecular flexibility index (Phi) is 1.33. The molecule has 0 aliphatic heterocycles. The minimum Gasteiger partial charge on any atom is -0.428 e. The smallest absolute Gasteiger partial charge is 0.117 e. The number of hydrogen-bond acceptors (Lipinski definition) is 3. The highest BCUT2D eigenvalue weighted by atomic mass is 16.5. The van der Waals surface area contributed by atoms with Crippen molar-refractivity contribution in [3.05, 3.63) is 35.4 Å². The van der Waals surface area contributed by atoms with Crippen LogP contribution in [0.15, 0.2) is 35.6 Å². The average molecular weight is 162 g/mol. The minimum absolute atomic E-state index is 0.348. The second kappa shape index (κ2) is 2.34. The van der Waals surface area contributed by atoms with Gasteiger partial charge in [0.05, 0.1) is 5.52 Å². The van der Waals surface area contributed by atoms with E-state index in [0.29, 0.717) is 16.6 Å². The highest BCUT2D eigenvalue weighted by molar-refractivity contribution is 5.90. The zero-order valence-corrected chi connectivity index (χ0v) is 6.14. The predicted octanol–water partition coefficient (Wildman–Crippen LogP) is 2.28. The Bertz CT molecular complexity index is 434. The van der Waals surface area contributed by atoms with Crippen molar-refractivity contribution in [3.8, 4) is 0 Å². The van der Waals surface area contributed by atoms with Gasteiger partial charge in [-0.15, -0.1) is 4.91 Å². The summed E-state index contributed by atoms with van der Waals surface area (Å²) in [7, 11) is 0. The van der Waals surface area contributed by atoms with E-state index >= 15 is 0 Å². The molecule has 60 valence electrons. The van der Waals surface area contributed by atoms with Gasteiger partial charge in [0.2, 0.25) is 0 Å². The van der Waals surface area contributed by atoms with Crippen molar-refractivity contribution < 1.29 is 5.21 Å². The molecule has 0 aliphatic rings. The van der Waals surface area contributed by atoms with Crippen molar-refractivity contribution in [1.29, 1.82) is 0 Å². The molecule has 0 saturated carbocycles. The molecule has 4 nitrogen and oxygen atoms in total. The van der Waals surface area contributed by atoms with Gasteiger partial charge in [0.15, 0.2) is 0 Å². The largest absolute Gasteiger partial charge is 0.428 e. The van der Waals surface area contributed by atoms with E-state index in [-0.39, 0.29) is 0 Å². The maximum Gasteiger partial charge on any atom is 0.117 e. The molecule has 0 unspecified atom stereocenters. The molecule has 0 radical (unpaired) electrons. The van der Waals surface area contributed by atoms with Crippen LogP contribution in [0.2, 0.25) is 0 Å². The average Bonchev–Trinajstić information content (AvgIpc) is 2.48. The highest BCUT2D eigenvalue weighted by Crippen LogP contribution is 2.25. The lowest BCUT2D eigenvalue weighted by Crippen LogP contribution is -1.84. The summed E-state index contributed by atoms with van der Waals surface area (Å²) in [5.41, 5.74) is 0.937. The molecule has 2 rings (SSSR count). The summed E-state index contributed by atoms with van der Waals surface area (Å²) in [6, 6.07) is 6.64. The fraction of sp³-hybridized carbons (Fsp3) is 0. The number of aromatic nitrogens is 1. The lowest BCUT2D eigenvalue weighted by atomic mass is 10.2. The number of rotatable bonds is 1. The van der Waals surface area contributed by atoms with Crippen LogP contribution in [0, 0.1) is 4.91 Å². The number of hydrogen-bond donors (Lipinski definition) is 1. The van der Waals surface area contributed by atoms with Crippen LogP contribution in [-0.2, 0) is 0 Å². The van der Waals surface area contributed by atoms with E-state index in [1.807, 2.05) is 0 Å². The Morgan fingerprint density at radius 1 is 1.33 bits per heavy atom. The maximum absolute atomic E-state index is 10.3. The van der Waals surface area contributed by atoms with E-state index in [4.69, 9.17) is 0 Å². The van der Waals surface area contributed by atoms with Crippen molar-refractivity contribution in [2.75, 3.05) is 0 Å². The molecular weight excluding hydrogens is 156 g/mol. The topological polar surface area (TPSA) is 54.6 Å². The van der Waals surface area contributed by atoms with Gasteiger partial charge in [-0.3, -0.25) is 0 Å². The van der Waals surface area contributed by atoms with Crippen LogP contribution in [0.3, 0.4) is 0 Å². The molecule has 0 spiro atoms. The number of fused-ring (bicyclic) bond motifs is 1. The molecular formula is C8H6N2O2. The zero-order valence-electron chi connectivity index (χ0n) is 6.14. The summed E-state index contributed by atoms with van der Waals surface area (Å²) >= 11 is 0. The van der Waals surface area contributed by atoms with E-state index in [0.717, 1.165) is 4.73 Å². The van der Waals surface area contributed by atoms with Crippen LogP contribution in [0.25, 0.3) is 10.9 Å². The summed E-state index contributed by atoms with van der Waals surface area (Å²) in [4.78, 5) is 10.3. The third-order valence-electron chi connectivity index (χ3n) is 1.79. The first kappa shape index (κ1) is 6.84. The lowest BCUT2D eigenvalue weighted by Gasteiger charge is -1.94. The molecule has 0 fully saturated rings. The summed E-state index contributed by atoms with van der Waals surface area (Å²) in [5, 5.41) is 12.7. The van der Waals surface area contributed by atoms with Gasteiger partial charge in [-0.05, 0) is 23.4 Å². The van der Waals surface area contributed by atoms with Gasteiger partial charge in [0.1, 0.15) is 5.69 Å². The van der Waals surface area contributed by atoms with Crippen LogP contribution in [0.4, 0.5) is 5.69 Å². The van der Waals surface area contributed by atoms with E-state index in [1.165, 1.54) is 6.20 Å². The first-order valence-electron chi connectivity index (χ1n) is 3.45. The van der Waals surface area contributed by atoms with E-state index in [2.05, 4.69) is 5.18 Å². The Labute approximate surface area is 68.0 Å². The minimum atomic E-state index is 0.348. The fourth-order valence-electron chi connectivity index (χ4n) is 1.22. The zero-order chi connectivity index (χ0) is 8.55. The predicted molar refractivity (Wildman–Crippen MR) is 44.6 cm³/mol. The third kappa shape index (κ3) is 0.780. The second-order valence-corrected chi connectivity index (χ2v) is 2.46. The first-order chi connectivity index (χ1) is 5.83. The van der Waals surface area contributed by atoms with Gasteiger partial charge in [-0.1, -0.05) is 6.07 Å². The summed E-state index contributed by atoms with van der Waals surface area (Å²) in [6.45, 7) is 0. The molecule has 1 aromatic heterocycles. The van der Waals surface area contributed by atoms with Gasteiger partial charge >= 0.3 is 0 Å². The van der Waals surface area contributed by atoms with Gasteiger partial charge in [0.25, 0.3) is 0 Å². The second-order valence-electron chi connectivity index (χ2n) is 2.46. The highest BCUT2D eigenvalue weighted by Gasteiger charge is 2.03. The molecule has 1 N–H and O–H groups in total. The molecule has 0 aliphatic carbocycles. The molecule has 0 amide bonds. The molecule has 0 saturated heterocycles.